The lowest BCUT2D eigenvalue weighted by molar-refractivity contribution is -0.137. The summed E-state index contributed by atoms with van der Waals surface area (Å²) in [6, 6.07) is 9.02. The van der Waals surface area contributed by atoms with Crippen molar-refractivity contribution in [1.29, 1.82) is 0 Å². The largest absolute Gasteiger partial charge is 0.476 e. The van der Waals surface area contributed by atoms with Crippen LogP contribution in [-0.2, 0) is 6.18 Å². The molecule has 2 heterocycles. The maximum atomic E-state index is 12.7. The predicted octanol–water partition coefficient (Wildman–Crippen LogP) is 3.05. The van der Waals surface area contributed by atoms with E-state index >= 15 is 0 Å². The number of hydrogen-bond acceptors (Lipinski definition) is 4. The summed E-state index contributed by atoms with van der Waals surface area (Å²) in [6.45, 7) is 0. The minimum atomic E-state index is -4.46. The SMILES string of the molecule is O=C(O)c1nnn(-c2ccc(C(F)(F)F)cc2)c1-c1ccccn1. The third kappa shape index (κ3) is 2.83. The maximum Gasteiger partial charge on any atom is 0.416 e. The topological polar surface area (TPSA) is 80.9 Å². The Labute approximate surface area is 133 Å². The molecule has 0 aliphatic rings. The van der Waals surface area contributed by atoms with Crippen LogP contribution in [0.5, 0.6) is 0 Å². The second-order valence-corrected chi connectivity index (χ2v) is 4.76. The minimum absolute atomic E-state index is 0.0860. The summed E-state index contributed by atoms with van der Waals surface area (Å²) < 4.78 is 39.1. The third-order valence-electron chi connectivity index (χ3n) is 3.22. The molecule has 0 saturated heterocycles. The van der Waals surface area contributed by atoms with Gasteiger partial charge in [-0.15, -0.1) is 5.10 Å². The van der Waals surface area contributed by atoms with Crippen molar-refractivity contribution in [1.82, 2.24) is 20.0 Å². The van der Waals surface area contributed by atoms with Gasteiger partial charge in [0, 0.05) is 6.20 Å². The van der Waals surface area contributed by atoms with Gasteiger partial charge in [0.25, 0.3) is 0 Å². The summed E-state index contributed by atoms with van der Waals surface area (Å²) in [7, 11) is 0. The number of alkyl halides is 3. The van der Waals surface area contributed by atoms with E-state index in [1.165, 1.54) is 18.3 Å². The second-order valence-electron chi connectivity index (χ2n) is 4.76. The van der Waals surface area contributed by atoms with Gasteiger partial charge in [-0.1, -0.05) is 11.3 Å². The monoisotopic (exact) mass is 334 g/mol. The molecule has 2 aromatic heterocycles. The van der Waals surface area contributed by atoms with Crippen molar-refractivity contribution >= 4 is 5.97 Å². The molecule has 0 radical (unpaired) electrons. The second kappa shape index (κ2) is 5.76. The van der Waals surface area contributed by atoms with Crippen LogP contribution in [0.25, 0.3) is 17.1 Å². The van der Waals surface area contributed by atoms with Crippen LogP contribution in [0.4, 0.5) is 13.2 Å². The zero-order chi connectivity index (χ0) is 17.3. The maximum absolute atomic E-state index is 12.7. The molecule has 0 atom stereocenters. The molecule has 0 saturated carbocycles. The third-order valence-corrected chi connectivity index (χ3v) is 3.22. The van der Waals surface area contributed by atoms with Crippen molar-refractivity contribution < 1.29 is 23.1 Å². The summed E-state index contributed by atoms with van der Waals surface area (Å²) >= 11 is 0. The highest BCUT2D eigenvalue weighted by Crippen LogP contribution is 2.30. The number of carboxylic acids is 1. The molecule has 0 unspecified atom stereocenters. The van der Waals surface area contributed by atoms with E-state index in [4.69, 9.17) is 0 Å². The molecule has 1 aromatic carbocycles. The average molecular weight is 334 g/mol. The van der Waals surface area contributed by atoms with E-state index in [0.717, 1.165) is 16.8 Å². The number of aromatic nitrogens is 4. The summed E-state index contributed by atoms with van der Waals surface area (Å²) in [5.41, 5.74) is -0.538. The number of carbonyl (C=O) groups is 1. The highest BCUT2D eigenvalue weighted by molar-refractivity contribution is 5.92. The van der Waals surface area contributed by atoms with Crippen LogP contribution in [0.2, 0.25) is 0 Å². The number of hydrogen-bond donors (Lipinski definition) is 1. The molecule has 0 aliphatic heterocycles. The molecule has 0 aliphatic carbocycles. The summed E-state index contributed by atoms with van der Waals surface area (Å²) in [5.74, 6) is -1.31. The van der Waals surface area contributed by atoms with E-state index in [0.29, 0.717) is 5.69 Å². The fourth-order valence-electron chi connectivity index (χ4n) is 2.13. The van der Waals surface area contributed by atoms with Gasteiger partial charge in [0.15, 0.2) is 5.69 Å². The van der Waals surface area contributed by atoms with E-state index in [-0.39, 0.29) is 17.1 Å². The van der Waals surface area contributed by atoms with Crippen molar-refractivity contribution in [3.8, 4) is 17.1 Å². The van der Waals surface area contributed by atoms with E-state index in [9.17, 15) is 23.1 Å². The minimum Gasteiger partial charge on any atom is -0.476 e. The number of pyridine rings is 1. The first-order valence-electron chi connectivity index (χ1n) is 6.66. The predicted molar refractivity (Wildman–Crippen MR) is 76.6 cm³/mol. The van der Waals surface area contributed by atoms with Crippen molar-refractivity contribution in [3.05, 3.63) is 59.9 Å². The first kappa shape index (κ1) is 15.7. The van der Waals surface area contributed by atoms with Gasteiger partial charge < -0.3 is 5.11 Å². The Kier molecular flexibility index (Phi) is 3.76. The van der Waals surface area contributed by atoms with E-state index in [1.807, 2.05) is 0 Å². The van der Waals surface area contributed by atoms with Gasteiger partial charge in [0.1, 0.15) is 5.69 Å². The Hall–Kier alpha value is -3.23. The molecule has 122 valence electrons. The van der Waals surface area contributed by atoms with E-state index in [1.54, 1.807) is 18.2 Å². The van der Waals surface area contributed by atoms with Gasteiger partial charge in [-0.3, -0.25) is 4.98 Å². The Morgan fingerprint density at radius 3 is 2.33 bits per heavy atom. The molecule has 1 N–H and O–H groups in total. The lowest BCUT2D eigenvalue weighted by Crippen LogP contribution is -2.07. The van der Waals surface area contributed by atoms with Crippen molar-refractivity contribution in [3.63, 3.8) is 0 Å². The number of nitrogens with zero attached hydrogens (tertiary/aromatic N) is 4. The molecule has 0 spiro atoms. The fourth-order valence-corrected chi connectivity index (χ4v) is 2.13. The molecule has 24 heavy (non-hydrogen) atoms. The van der Waals surface area contributed by atoms with Crippen LogP contribution < -0.4 is 0 Å². The summed E-state index contributed by atoms with van der Waals surface area (Å²) in [6.07, 6.45) is -3.00. The first-order valence-corrected chi connectivity index (χ1v) is 6.66. The van der Waals surface area contributed by atoms with Gasteiger partial charge in [-0.25, -0.2) is 9.48 Å². The number of carboxylic acid groups (broad SMARTS) is 1. The van der Waals surface area contributed by atoms with Crippen LogP contribution in [-0.4, -0.2) is 31.1 Å². The molecule has 0 bridgehead atoms. The van der Waals surface area contributed by atoms with Crippen LogP contribution in [0.15, 0.2) is 48.7 Å². The Morgan fingerprint density at radius 1 is 1.08 bits per heavy atom. The summed E-state index contributed by atoms with van der Waals surface area (Å²) in [4.78, 5) is 15.4. The average Bonchev–Trinajstić information content (AvgIpc) is 3.00. The van der Waals surface area contributed by atoms with Gasteiger partial charge >= 0.3 is 12.1 Å². The first-order chi connectivity index (χ1) is 11.4. The molecule has 3 rings (SSSR count). The zero-order valence-corrected chi connectivity index (χ0v) is 11.9. The normalized spacial score (nSPS) is 11.5. The molecule has 9 heteroatoms. The molecular weight excluding hydrogens is 325 g/mol. The van der Waals surface area contributed by atoms with Crippen LogP contribution in [0.1, 0.15) is 16.1 Å². The van der Waals surface area contributed by atoms with E-state index < -0.39 is 17.7 Å². The van der Waals surface area contributed by atoms with Gasteiger partial charge in [-0.2, -0.15) is 13.2 Å². The molecule has 6 nitrogen and oxygen atoms in total. The van der Waals surface area contributed by atoms with Crippen molar-refractivity contribution in [2.75, 3.05) is 0 Å². The number of rotatable bonds is 3. The number of aromatic carboxylic acids is 1. The lowest BCUT2D eigenvalue weighted by atomic mass is 10.1. The lowest BCUT2D eigenvalue weighted by Gasteiger charge is -2.09. The Balaban J connectivity index is 2.14. The molecular formula is C15H9F3N4O2. The van der Waals surface area contributed by atoms with E-state index in [2.05, 4.69) is 15.3 Å². The fraction of sp³-hybridized carbons (Fsp3) is 0.0667. The van der Waals surface area contributed by atoms with Crippen molar-refractivity contribution in [2.24, 2.45) is 0 Å². The Bertz CT molecular complexity index is 874. The number of benzene rings is 1. The standard InChI is InChI=1S/C15H9F3N4O2/c16-15(17,18)9-4-6-10(7-5-9)22-13(11-3-1-2-8-19-11)12(14(23)24)20-21-22/h1-8H,(H,23,24). The van der Waals surface area contributed by atoms with Crippen LogP contribution in [0, 0.1) is 0 Å². The number of halogens is 3. The summed E-state index contributed by atoms with van der Waals surface area (Å²) in [5, 5.41) is 16.6. The van der Waals surface area contributed by atoms with Gasteiger partial charge in [0.2, 0.25) is 0 Å². The van der Waals surface area contributed by atoms with Crippen LogP contribution in [0.3, 0.4) is 0 Å². The smallest absolute Gasteiger partial charge is 0.416 e. The Morgan fingerprint density at radius 2 is 1.79 bits per heavy atom. The molecule has 3 aromatic rings. The highest BCUT2D eigenvalue weighted by atomic mass is 19.4. The van der Waals surface area contributed by atoms with Gasteiger partial charge in [-0.05, 0) is 36.4 Å². The molecule has 0 amide bonds. The van der Waals surface area contributed by atoms with Crippen molar-refractivity contribution in [2.45, 2.75) is 6.18 Å². The van der Waals surface area contributed by atoms with Crippen LogP contribution >= 0.6 is 0 Å². The van der Waals surface area contributed by atoms with Gasteiger partial charge in [0.05, 0.1) is 16.9 Å². The quantitative estimate of drug-likeness (QED) is 0.796. The highest BCUT2D eigenvalue weighted by Gasteiger charge is 2.30. The molecule has 0 fully saturated rings. The zero-order valence-electron chi connectivity index (χ0n) is 11.9.